The molecule has 17 heavy (non-hydrogen) atoms. The average Bonchev–Trinajstić information content (AvgIpc) is 2.36. The third-order valence-electron chi connectivity index (χ3n) is 2.05. The van der Waals surface area contributed by atoms with Gasteiger partial charge in [0.2, 0.25) is 0 Å². The van der Waals surface area contributed by atoms with Crippen LogP contribution in [-0.2, 0) is 14.3 Å². The second kappa shape index (κ2) is 9.44. The summed E-state index contributed by atoms with van der Waals surface area (Å²) in [4.78, 5) is 32.1. The van der Waals surface area contributed by atoms with E-state index in [9.17, 15) is 14.4 Å². The van der Waals surface area contributed by atoms with E-state index in [0.29, 0.717) is 32.1 Å². The van der Waals surface area contributed by atoms with Crippen LogP contribution in [0.3, 0.4) is 0 Å². The minimum atomic E-state index is -0.630. The average molecular weight is 246 g/mol. The lowest BCUT2D eigenvalue weighted by molar-refractivity contribution is -0.109. The number of nitrogens with one attached hydrogen (secondary N) is 2. The highest BCUT2D eigenvalue weighted by atomic mass is 16.5. The van der Waals surface area contributed by atoms with E-state index in [-0.39, 0.29) is 0 Å². The molecule has 0 spiro atoms. The lowest BCUT2D eigenvalue weighted by atomic mass is 10.1. The number of amides is 2. The molecule has 0 fully saturated rings. The smallest absolute Gasteiger partial charge is 0.407 e. The zero-order chi connectivity index (χ0) is 13.1. The fraction of sp³-hybridized carbons (Fsp3) is 0.700. The Balaban J connectivity index is 3.60. The Morgan fingerprint density at radius 2 is 1.82 bits per heavy atom. The number of carbonyl (C=O) groups excluding carboxylic acids is 3. The SMILES string of the molecule is COC(=O)NCCCCC(C=O)NC(=O)OC. The van der Waals surface area contributed by atoms with Gasteiger partial charge in [0.05, 0.1) is 20.3 Å². The molecule has 0 aliphatic carbocycles. The van der Waals surface area contributed by atoms with Crippen molar-refractivity contribution in [1.29, 1.82) is 0 Å². The van der Waals surface area contributed by atoms with Crippen LogP contribution < -0.4 is 10.6 Å². The lowest BCUT2D eigenvalue weighted by Crippen LogP contribution is -2.36. The number of methoxy groups -OCH3 is 2. The molecule has 0 aromatic carbocycles. The first-order valence-electron chi connectivity index (χ1n) is 5.25. The number of unbranched alkanes of at least 4 members (excludes halogenated alkanes) is 1. The first-order chi connectivity index (χ1) is 8.13. The maximum atomic E-state index is 10.8. The van der Waals surface area contributed by atoms with Crippen LogP contribution in [0.15, 0.2) is 0 Å². The number of aldehydes is 1. The van der Waals surface area contributed by atoms with E-state index in [1.54, 1.807) is 0 Å². The van der Waals surface area contributed by atoms with Gasteiger partial charge in [-0.05, 0) is 19.3 Å². The molecule has 1 atom stereocenters. The Bertz CT molecular complexity index is 257. The third-order valence-corrected chi connectivity index (χ3v) is 2.05. The summed E-state index contributed by atoms with van der Waals surface area (Å²) in [6.07, 6.45) is 1.44. The monoisotopic (exact) mass is 246 g/mol. The quantitative estimate of drug-likeness (QED) is 0.502. The zero-order valence-corrected chi connectivity index (χ0v) is 10.0. The van der Waals surface area contributed by atoms with Gasteiger partial charge in [0, 0.05) is 6.54 Å². The number of alkyl carbamates (subject to hydrolysis) is 2. The minimum Gasteiger partial charge on any atom is -0.453 e. The van der Waals surface area contributed by atoms with E-state index < -0.39 is 18.2 Å². The number of rotatable bonds is 7. The summed E-state index contributed by atoms with van der Waals surface area (Å²) < 4.78 is 8.76. The van der Waals surface area contributed by atoms with Crippen LogP contribution in [0, 0.1) is 0 Å². The van der Waals surface area contributed by atoms with Crippen molar-refractivity contribution in [3.8, 4) is 0 Å². The van der Waals surface area contributed by atoms with Gasteiger partial charge in [-0.2, -0.15) is 0 Å². The van der Waals surface area contributed by atoms with Crippen LogP contribution in [0.4, 0.5) is 9.59 Å². The van der Waals surface area contributed by atoms with Crippen LogP contribution in [-0.4, -0.2) is 45.3 Å². The molecule has 98 valence electrons. The maximum absolute atomic E-state index is 10.8. The summed E-state index contributed by atoms with van der Waals surface area (Å²) in [5.41, 5.74) is 0. The predicted molar refractivity (Wildman–Crippen MR) is 59.7 cm³/mol. The maximum Gasteiger partial charge on any atom is 0.407 e. The molecule has 2 amide bonds. The van der Waals surface area contributed by atoms with Crippen LogP contribution in [0.2, 0.25) is 0 Å². The topological polar surface area (TPSA) is 93.7 Å². The fourth-order valence-electron chi connectivity index (χ4n) is 1.14. The van der Waals surface area contributed by atoms with Crippen LogP contribution >= 0.6 is 0 Å². The van der Waals surface area contributed by atoms with Gasteiger partial charge < -0.3 is 24.9 Å². The third kappa shape index (κ3) is 8.06. The first kappa shape index (κ1) is 15.2. The number of hydrogen-bond donors (Lipinski definition) is 2. The highest BCUT2D eigenvalue weighted by Gasteiger charge is 2.10. The molecular weight excluding hydrogens is 228 g/mol. The molecule has 0 saturated heterocycles. The molecule has 0 rings (SSSR count). The normalized spacial score (nSPS) is 11.2. The summed E-state index contributed by atoms with van der Waals surface area (Å²) in [5.74, 6) is 0. The molecule has 0 saturated carbocycles. The summed E-state index contributed by atoms with van der Waals surface area (Å²) >= 11 is 0. The van der Waals surface area contributed by atoms with Crippen molar-refractivity contribution >= 4 is 18.5 Å². The minimum absolute atomic E-state index is 0.469. The molecule has 7 heteroatoms. The molecule has 0 aromatic heterocycles. The van der Waals surface area contributed by atoms with Gasteiger partial charge in [0.15, 0.2) is 0 Å². The lowest BCUT2D eigenvalue weighted by Gasteiger charge is -2.11. The zero-order valence-electron chi connectivity index (χ0n) is 10.0. The van der Waals surface area contributed by atoms with Crippen molar-refractivity contribution in [3.63, 3.8) is 0 Å². The van der Waals surface area contributed by atoms with E-state index in [1.165, 1.54) is 14.2 Å². The van der Waals surface area contributed by atoms with Crippen molar-refractivity contribution in [2.24, 2.45) is 0 Å². The van der Waals surface area contributed by atoms with Crippen molar-refractivity contribution in [2.75, 3.05) is 20.8 Å². The highest BCUT2D eigenvalue weighted by Crippen LogP contribution is 1.99. The summed E-state index contributed by atoms with van der Waals surface area (Å²) in [6, 6.07) is -0.555. The van der Waals surface area contributed by atoms with Crippen molar-refractivity contribution in [1.82, 2.24) is 10.6 Å². The van der Waals surface area contributed by atoms with Gasteiger partial charge in [-0.3, -0.25) is 0 Å². The molecule has 0 radical (unpaired) electrons. The van der Waals surface area contributed by atoms with Gasteiger partial charge in [0.1, 0.15) is 6.29 Å². The number of hydrogen-bond acceptors (Lipinski definition) is 5. The summed E-state index contributed by atoms with van der Waals surface area (Å²) in [7, 11) is 2.52. The standard InChI is InChI=1S/C10H18N2O5/c1-16-9(14)11-6-4-3-5-8(7-13)12-10(15)17-2/h7-8H,3-6H2,1-2H3,(H,11,14)(H,12,15). The summed E-state index contributed by atoms with van der Waals surface area (Å²) in [5, 5.41) is 4.90. The predicted octanol–water partition coefficient (Wildman–Crippen LogP) is 0.436. The van der Waals surface area contributed by atoms with Crippen molar-refractivity contribution in [2.45, 2.75) is 25.3 Å². The van der Waals surface area contributed by atoms with Crippen LogP contribution in [0.25, 0.3) is 0 Å². The Labute approximate surface area is 99.8 Å². The molecule has 0 aliphatic heterocycles. The van der Waals surface area contributed by atoms with Gasteiger partial charge in [-0.1, -0.05) is 0 Å². The molecule has 2 N–H and O–H groups in total. The Kier molecular flexibility index (Phi) is 8.44. The van der Waals surface area contributed by atoms with Gasteiger partial charge >= 0.3 is 12.2 Å². The van der Waals surface area contributed by atoms with Crippen LogP contribution in [0.5, 0.6) is 0 Å². The number of carbonyl (C=O) groups is 3. The van der Waals surface area contributed by atoms with E-state index in [1.807, 2.05) is 0 Å². The van der Waals surface area contributed by atoms with Crippen molar-refractivity contribution < 1.29 is 23.9 Å². The first-order valence-corrected chi connectivity index (χ1v) is 5.25. The largest absolute Gasteiger partial charge is 0.453 e. The molecule has 0 aliphatic rings. The van der Waals surface area contributed by atoms with E-state index >= 15 is 0 Å². The molecule has 1 unspecified atom stereocenters. The Hall–Kier alpha value is -1.79. The molecule has 0 bridgehead atoms. The second-order valence-electron chi connectivity index (χ2n) is 3.29. The van der Waals surface area contributed by atoms with Crippen molar-refractivity contribution in [3.05, 3.63) is 0 Å². The molecule has 7 nitrogen and oxygen atoms in total. The van der Waals surface area contributed by atoms with Gasteiger partial charge in [-0.15, -0.1) is 0 Å². The van der Waals surface area contributed by atoms with Gasteiger partial charge in [0.25, 0.3) is 0 Å². The number of ether oxygens (including phenoxy) is 2. The van der Waals surface area contributed by atoms with E-state index in [4.69, 9.17) is 0 Å². The molecular formula is C10H18N2O5. The molecule has 0 heterocycles. The fourth-order valence-corrected chi connectivity index (χ4v) is 1.14. The van der Waals surface area contributed by atoms with Gasteiger partial charge in [-0.25, -0.2) is 9.59 Å². The van der Waals surface area contributed by atoms with E-state index in [0.717, 1.165) is 0 Å². The Morgan fingerprint density at radius 1 is 1.18 bits per heavy atom. The Morgan fingerprint density at radius 3 is 2.35 bits per heavy atom. The second-order valence-corrected chi connectivity index (χ2v) is 3.29. The molecule has 0 aromatic rings. The highest BCUT2D eigenvalue weighted by molar-refractivity contribution is 5.72. The summed E-state index contributed by atoms with van der Waals surface area (Å²) in [6.45, 7) is 0.469. The van der Waals surface area contributed by atoms with E-state index in [2.05, 4.69) is 20.1 Å². The van der Waals surface area contributed by atoms with Crippen LogP contribution in [0.1, 0.15) is 19.3 Å².